The molecule has 0 aromatic heterocycles. The maximum Gasteiger partial charge on any atom is -0.0205 e. The van der Waals surface area contributed by atoms with Crippen LogP contribution in [-0.4, -0.2) is 0 Å². The fourth-order valence-electron chi connectivity index (χ4n) is 1.28. The minimum absolute atomic E-state index is 0.349. The highest BCUT2D eigenvalue weighted by atomic mass is 14.2. The smallest absolute Gasteiger partial charge is 0.0205 e. The van der Waals surface area contributed by atoms with Gasteiger partial charge in [-0.05, 0) is 38.0 Å². The number of allylic oxidation sites excluding steroid dienone is 2. The zero-order valence-corrected chi connectivity index (χ0v) is 6.01. The summed E-state index contributed by atoms with van der Waals surface area (Å²) in [6, 6.07) is 0. The second-order valence-electron chi connectivity index (χ2n) is 2.88. The highest BCUT2D eigenvalue weighted by Gasteiger charge is 2.11. The van der Waals surface area contributed by atoms with Gasteiger partial charge in [-0.25, -0.2) is 0 Å². The molecule has 1 aliphatic rings. The van der Waals surface area contributed by atoms with Gasteiger partial charge in [0.05, 0.1) is 0 Å². The molecule has 0 heterocycles. The summed E-state index contributed by atoms with van der Waals surface area (Å²) in [7, 11) is 0. The molecule has 9 heavy (non-hydrogen) atoms. The van der Waals surface area contributed by atoms with E-state index in [0.717, 1.165) is 0 Å². The van der Waals surface area contributed by atoms with Crippen LogP contribution in [0, 0.1) is 18.8 Å². The molecule has 0 N–H and O–H groups in total. The highest BCUT2D eigenvalue weighted by Crippen LogP contribution is 2.23. The van der Waals surface area contributed by atoms with Crippen LogP contribution in [0.3, 0.4) is 0 Å². The van der Waals surface area contributed by atoms with Gasteiger partial charge in [0.1, 0.15) is 0 Å². The van der Waals surface area contributed by atoms with Crippen LogP contribution in [0.1, 0.15) is 26.2 Å². The van der Waals surface area contributed by atoms with Crippen molar-refractivity contribution in [1.29, 1.82) is 0 Å². The van der Waals surface area contributed by atoms with Gasteiger partial charge in [0, 0.05) is 0 Å². The molecule has 0 bridgehead atoms. The van der Waals surface area contributed by atoms with Crippen LogP contribution in [0.5, 0.6) is 0 Å². The van der Waals surface area contributed by atoms with Gasteiger partial charge >= 0.3 is 0 Å². The monoisotopic (exact) mass is 122 g/mol. The molecule has 0 saturated heterocycles. The Bertz CT molecular complexity index is 101. The summed E-state index contributed by atoms with van der Waals surface area (Å²) in [5.41, 5.74) is 0. The van der Waals surface area contributed by atoms with E-state index in [1.54, 1.807) is 0 Å². The molecule has 0 amide bonds. The lowest BCUT2D eigenvalue weighted by Crippen LogP contribution is -2.07. The Hall–Kier alpha value is -0.260. The Morgan fingerprint density at radius 3 is 2.78 bits per heavy atom. The van der Waals surface area contributed by atoms with Crippen LogP contribution in [0.25, 0.3) is 0 Å². The predicted molar refractivity (Wildman–Crippen MR) is 39.9 cm³/mol. The van der Waals surface area contributed by atoms with Gasteiger partial charge in [-0.3, -0.25) is 0 Å². The SMILES string of the molecule is [CH]C(C)C1C=CCCC1. The van der Waals surface area contributed by atoms with Crippen LogP contribution in [0.2, 0.25) is 0 Å². The maximum atomic E-state index is 5.72. The van der Waals surface area contributed by atoms with Crippen LogP contribution < -0.4 is 0 Å². The first kappa shape index (κ1) is 6.85. The first-order chi connectivity index (χ1) is 4.30. The van der Waals surface area contributed by atoms with E-state index in [2.05, 4.69) is 19.1 Å². The molecule has 50 valence electrons. The predicted octanol–water partition coefficient (Wildman–Crippen LogP) is 2.69. The first-order valence-electron chi connectivity index (χ1n) is 3.73. The fourth-order valence-corrected chi connectivity index (χ4v) is 1.28. The summed E-state index contributed by atoms with van der Waals surface area (Å²) in [6.45, 7) is 7.80. The Labute approximate surface area is 58.0 Å². The highest BCUT2D eigenvalue weighted by molar-refractivity contribution is 4.95. The van der Waals surface area contributed by atoms with Crippen LogP contribution in [0.15, 0.2) is 12.2 Å². The lowest BCUT2D eigenvalue weighted by atomic mass is 9.87. The number of hydrogen-bond acceptors (Lipinski definition) is 0. The zero-order valence-electron chi connectivity index (χ0n) is 6.01. The third-order valence-corrected chi connectivity index (χ3v) is 1.97. The van der Waals surface area contributed by atoms with E-state index in [0.29, 0.717) is 11.8 Å². The molecule has 0 aliphatic heterocycles. The standard InChI is InChI=1S/C9H14/c1-8(2)9-6-4-3-5-7-9/h1,4,6,8-9H,3,5,7H2,2H3. The lowest BCUT2D eigenvalue weighted by molar-refractivity contribution is 0.444. The molecule has 0 spiro atoms. The minimum atomic E-state index is 0.349. The van der Waals surface area contributed by atoms with Crippen LogP contribution in [-0.2, 0) is 0 Å². The van der Waals surface area contributed by atoms with Gasteiger partial charge in [0.15, 0.2) is 0 Å². The van der Waals surface area contributed by atoms with Gasteiger partial charge in [-0.15, -0.1) is 0 Å². The van der Waals surface area contributed by atoms with Crippen LogP contribution in [0.4, 0.5) is 0 Å². The molecular formula is C9H14. The van der Waals surface area contributed by atoms with Crippen molar-refractivity contribution in [3.63, 3.8) is 0 Å². The molecule has 1 aliphatic carbocycles. The topological polar surface area (TPSA) is 0 Å². The van der Waals surface area contributed by atoms with Gasteiger partial charge in [0.2, 0.25) is 0 Å². The van der Waals surface area contributed by atoms with Crippen molar-refractivity contribution in [2.45, 2.75) is 26.2 Å². The van der Waals surface area contributed by atoms with Crippen molar-refractivity contribution in [3.05, 3.63) is 19.1 Å². The van der Waals surface area contributed by atoms with Crippen molar-refractivity contribution in [2.24, 2.45) is 11.8 Å². The quantitative estimate of drug-likeness (QED) is 0.469. The molecule has 0 nitrogen and oxygen atoms in total. The summed E-state index contributed by atoms with van der Waals surface area (Å²) in [5, 5.41) is 0. The van der Waals surface area contributed by atoms with E-state index in [1.807, 2.05) is 0 Å². The molecule has 0 saturated carbocycles. The molecule has 2 unspecified atom stereocenters. The molecule has 0 heteroatoms. The fraction of sp³-hybridized carbons (Fsp3) is 0.667. The van der Waals surface area contributed by atoms with Gasteiger partial charge in [-0.1, -0.05) is 19.1 Å². The zero-order chi connectivity index (χ0) is 6.69. The summed E-state index contributed by atoms with van der Waals surface area (Å²) >= 11 is 0. The van der Waals surface area contributed by atoms with E-state index in [9.17, 15) is 0 Å². The van der Waals surface area contributed by atoms with E-state index in [-0.39, 0.29) is 0 Å². The first-order valence-corrected chi connectivity index (χ1v) is 3.73. The number of rotatable bonds is 1. The van der Waals surface area contributed by atoms with Crippen LogP contribution >= 0.6 is 0 Å². The van der Waals surface area contributed by atoms with E-state index in [4.69, 9.17) is 6.92 Å². The third-order valence-electron chi connectivity index (χ3n) is 1.97. The summed E-state index contributed by atoms with van der Waals surface area (Å²) in [4.78, 5) is 0. The second-order valence-corrected chi connectivity index (χ2v) is 2.88. The Kier molecular flexibility index (Phi) is 2.32. The average molecular weight is 122 g/mol. The molecule has 0 aromatic carbocycles. The Morgan fingerprint density at radius 1 is 1.67 bits per heavy atom. The summed E-state index contributed by atoms with van der Waals surface area (Å²) in [6.07, 6.45) is 8.37. The Morgan fingerprint density at radius 2 is 2.44 bits per heavy atom. The molecule has 0 aromatic rings. The molecule has 2 radical (unpaired) electrons. The average Bonchev–Trinajstić information content (AvgIpc) is 1.90. The lowest BCUT2D eigenvalue weighted by Gasteiger charge is -2.19. The van der Waals surface area contributed by atoms with E-state index in [1.165, 1.54) is 19.3 Å². The molecular weight excluding hydrogens is 108 g/mol. The van der Waals surface area contributed by atoms with Gasteiger partial charge in [0.25, 0.3) is 0 Å². The summed E-state index contributed by atoms with van der Waals surface area (Å²) < 4.78 is 0. The number of hydrogen-bond donors (Lipinski definition) is 0. The van der Waals surface area contributed by atoms with E-state index >= 15 is 0 Å². The molecule has 2 atom stereocenters. The van der Waals surface area contributed by atoms with Crippen molar-refractivity contribution in [2.75, 3.05) is 0 Å². The molecule has 1 rings (SSSR count). The Balaban J connectivity index is 2.40. The van der Waals surface area contributed by atoms with Gasteiger partial charge in [-0.2, -0.15) is 0 Å². The van der Waals surface area contributed by atoms with Crippen molar-refractivity contribution in [1.82, 2.24) is 0 Å². The van der Waals surface area contributed by atoms with Crippen molar-refractivity contribution >= 4 is 0 Å². The van der Waals surface area contributed by atoms with Gasteiger partial charge < -0.3 is 0 Å². The van der Waals surface area contributed by atoms with E-state index < -0.39 is 0 Å². The normalized spacial score (nSPS) is 27.2. The third kappa shape index (κ3) is 1.85. The van der Waals surface area contributed by atoms with Crippen molar-refractivity contribution in [3.8, 4) is 0 Å². The minimum Gasteiger partial charge on any atom is -0.0882 e. The maximum absolute atomic E-state index is 5.72. The van der Waals surface area contributed by atoms with Crippen molar-refractivity contribution < 1.29 is 0 Å². The second kappa shape index (κ2) is 3.05. The largest absolute Gasteiger partial charge is 0.0882 e. The summed E-state index contributed by atoms with van der Waals surface area (Å²) in [5.74, 6) is 1.00. The molecule has 0 fully saturated rings.